The zero-order chi connectivity index (χ0) is 28.5. The molecule has 2 aromatic carbocycles. The first-order chi connectivity index (χ1) is 19.4. The van der Waals surface area contributed by atoms with E-state index in [1.807, 2.05) is 51.1 Å². The number of unbranched alkanes of at least 4 members (excludes halogenated alkanes) is 2. The summed E-state index contributed by atoms with van der Waals surface area (Å²) in [6, 6.07) is 15.7. The Morgan fingerprint density at radius 1 is 0.950 bits per heavy atom. The molecule has 0 fully saturated rings. The summed E-state index contributed by atoms with van der Waals surface area (Å²) in [5, 5.41) is 0.526. The highest BCUT2D eigenvalue weighted by Crippen LogP contribution is 2.35. The van der Waals surface area contributed by atoms with Gasteiger partial charge in [-0.1, -0.05) is 50.2 Å². The lowest BCUT2D eigenvalue weighted by molar-refractivity contribution is 0.0985. The number of hydrogen-bond donors (Lipinski definition) is 0. The zero-order valence-corrected chi connectivity index (χ0v) is 24.9. The summed E-state index contributed by atoms with van der Waals surface area (Å²) in [6.07, 6.45) is 6.83. The SMILES string of the molecule is CCCCN(CCCC)S(=O)(=O)c1ccc(C(=O)N(Cc2cccnc2)c2nc3c(OCC)cccc3s2)cc1. The molecule has 0 saturated heterocycles. The van der Waals surface area contributed by atoms with Crippen LogP contribution in [0, 0.1) is 0 Å². The number of para-hydroxylation sites is 1. The van der Waals surface area contributed by atoms with Gasteiger partial charge >= 0.3 is 0 Å². The van der Waals surface area contributed by atoms with Gasteiger partial charge in [0.05, 0.1) is 22.7 Å². The minimum Gasteiger partial charge on any atom is -0.492 e. The molecule has 0 atom stereocenters. The number of ether oxygens (including phenoxy) is 1. The van der Waals surface area contributed by atoms with Crippen LogP contribution in [0.2, 0.25) is 0 Å². The second kappa shape index (κ2) is 13.8. The summed E-state index contributed by atoms with van der Waals surface area (Å²) in [6.45, 7) is 7.75. The Bertz CT molecular complexity index is 1500. The van der Waals surface area contributed by atoms with Gasteiger partial charge in [0.2, 0.25) is 10.0 Å². The van der Waals surface area contributed by atoms with Crippen molar-refractivity contribution in [3.63, 3.8) is 0 Å². The molecule has 0 N–H and O–H groups in total. The van der Waals surface area contributed by atoms with Crippen LogP contribution in [0.1, 0.15) is 62.4 Å². The molecule has 1 amide bonds. The van der Waals surface area contributed by atoms with Crippen molar-refractivity contribution in [3.05, 3.63) is 78.1 Å². The van der Waals surface area contributed by atoms with E-state index in [1.165, 1.54) is 23.5 Å². The number of benzene rings is 2. The quantitative estimate of drug-likeness (QED) is 0.168. The summed E-state index contributed by atoms with van der Waals surface area (Å²) in [7, 11) is -3.66. The Balaban J connectivity index is 1.67. The van der Waals surface area contributed by atoms with Crippen LogP contribution in [0.15, 0.2) is 71.9 Å². The molecule has 212 valence electrons. The van der Waals surface area contributed by atoms with Crippen molar-refractivity contribution in [2.24, 2.45) is 0 Å². The van der Waals surface area contributed by atoms with Gasteiger partial charge in [-0.05, 0) is 67.8 Å². The number of fused-ring (bicyclic) bond motifs is 1. The number of sulfonamides is 1. The average molecular weight is 581 g/mol. The van der Waals surface area contributed by atoms with Crippen LogP contribution >= 0.6 is 11.3 Å². The molecule has 0 aliphatic carbocycles. The second-order valence-electron chi connectivity index (χ2n) is 9.42. The van der Waals surface area contributed by atoms with E-state index in [0.29, 0.717) is 41.7 Å². The third-order valence-corrected chi connectivity index (χ3v) is 9.43. The van der Waals surface area contributed by atoms with Crippen molar-refractivity contribution < 1.29 is 17.9 Å². The van der Waals surface area contributed by atoms with E-state index >= 15 is 0 Å². The fourth-order valence-corrected chi connectivity index (χ4v) is 6.79. The van der Waals surface area contributed by atoms with E-state index in [-0.39, 0.29) is 17.3 Å². The molecule has 0 saturated carbocycles. The molecule has 8 nitrogen and oxygen atoms in total. The van der Waals surface area contributed by atoms with Crippen molar-refractivity contribution in [1.82, 2.24) is 14.3 Å². The van der Waals surface area contributed by atoms with Gasteiger partial charge in [-0.25, -0.2) is 13.4 Å². The van der Waals surface area contributed by atoms with E-state index < -0.39 is 10.0 Å². The number of aromatic nitrogens is 2. The highest BCUT2D eigenvalue weighted by atomic mass is 32.2. The highest BCUT2D eigenvalue weighted by molar-refractivity contribution is 7.89. The molecule has 0 aliphatic rings. The van der Waals surface area contributed by atoms with Gasteiger partial charge < -0.3 is 4.74 Å². The number of hydrogen-bond acceptors (Lipinski definition) is 7. The van der Waals surface area contributed by atoms with Crippen LogP contribution in [-0.4, -0.2) is 48.3 Å². The van der Waals surface area contributed by atoms with Crippen molar-refractivity contribution in [3.8, 4) is 5.75 Å². The fourth-order valence-electron chi connectivity index (χ4n) is 4.30. The lowest BCUT2D eigenvalue weighted by Crippen LogP contribution is -2.33. The standard InChI is InChI=1S/C30H36N4O4S2/c1-4-7-19-33(20-8-5-2)40(36,37)25-16-14-24(15-17-25)29(35)34(22-23-11-10-18-31-21-23)30-32-28-26(38-6-3)12-9-13-27(28)39-30/h9-18,21H,4-8,19-20,22H2,1-3H3. The zero-order valence-electron chi connectivity index (χ0n) is 23.2. The molecule has 0 aliphatic heterocycles. The molecule has 2 aromatic heterocycles. The topological polar surface area (TPSA) is 92.7 Å². The van der Waals surface area contributed by atoms with Gasteiger partial charge in [-0.15, -0.1) is 0 Å². The lowest BCUT2D eigenvalue weighted by atomic mass is 10.2. The number of nitrogens with zero attached hydrogens (tertiary/aromatic N) is 4. The number of amides is 1. The van der Waals surface area contributed by atoms with Gasteiger partial charge in [-0.2, -0.15) is 4.31 Å². The van der Waals surface area contributed by atoms with Gasteiger partial charge in [0.15, 0.2) is 5.13 Å². The molecule has 0 bridgehead atoms. The summed E-state index contributed by atoms with van der Waals surface area (Å²) in [5.41, 5.74) is 1.93. The molecular weight excluding hydrogens is 544 g/mol. The first kappa shape index (κ1) is 29.6. The molecule has 0 radical (unpaired) electrons. The fraction of sp³-hybridized carbons (Fsp3) is 0.367. The van der Waals surface area contributed by atoms with E-state index in [1.54, 1.807) is 33.7 Å². The smallest absolute Gasteiger partial charge is 0.260 e. The maximum atomic E-state index is 13.9. The second-order valence-corrected chi connectivity index (χ2v) is 12.4. The molecule has 0 unspecified atom stereocenters. The van der Waals surface area contributed by atoms with Crippen molar-refractivity contribution in [1.29, 1.82) is 0 Å². The predicted molar refractivity (Wildman–Crippen MR) is 161 cm³/mol. The number of carbonyl (C=O) groups is 1. The predicted octanol–water partition coefficient (Wildman–Crippen LogP) is 6.53. The van der Waals surface area contributed by atoms with Gasteiger partial charge in [0.25, 0.3) is 5.91 Å². The summed E-state index contributed by atoms with van der Waals surface area (Å²) in [4.78, 5) is 24.7. The van der Waals surface area contributed by atoms with Crippen LogP contribution in [0.4, 0.5) is 5.13 Å². The molecule has 4 aromatic rings. The van der Waals surface area contributed by atoms with Crippen LogP contribution < -0.4 is 9.64 Å². The monoisotopic (exact) mass is 580 g/mol. The summed E-state index contributed by atoms with van der Waals surface area (Å²) in [5.74, 6) is 0.389. The van der Waals surface area contributed by atoms with Crippen molar-refractivity contribution >= 4 is 42.6 Å². The number of anilines is 1. The van der Waals surface area contributed by atoms with E-state index in [9.17, 15) is 13.2 Å². The number of thiazole rings is 1. The Labute approximate surface area is 240 Å². The Morgan fingerprint density at radius 2 is 1.68 bits per heavy atom. The van der Waals surface area contributed by atoms with Gasteiger partial charge in [0.1, 0.15) is 11.3 Å². The third kappa shape index (κ3) is 6.86. The maximum Gasteiger partial charge on any atom is 0.260 e. The average Bonchev–Trinajstić information content (AvgIpc) is 3.41. The first-order valence-electron chi connectivity index (χ1n) is 13.7. The van der Waals surface area contributed by atoms with Crippen LogP contribution in [0.5, 0.6) is 5.75 Å². The Morgan fingerprint density at radius 3 is 2.30 bits per heavy atom. The number of pyridine rings is 1. The molecular formula is C30H36N4O4S2. The number of rotatable bonds is 14. The van der Waals surface area contributed by atoms with Crippen LogP contribution in [0.3, 0.4) is 0 Å². The summed E-state index contributed by atoms with van der Waals surface area (Å²) >= 11 is 1.41. The van der Waals surface area contributed by atoms with E-state index in [0.717, 1.165) is 35.9 Å². The molecule has 40 heavy (non-hydrogen) atoms. The largest absolute Gasteiger partial charge is 0.492 e. The van der Waals surface area contributed by atoms with Crippen LogP contribution in [-0.2, 0) is 16.6 Å². The third-order valence-electron chi connectivity index (χ3n) is 6.47. The van der Waals surface area contributed by atoms with Crippen LogP contribution in [0.25, 0.3) is 10.2 Å². The van der Waals surface area contributed by atoms with Crippen molar-refractivity contribution in [2.75, 3.05) is 24.6 Å². The molecule has 2 heterocycles. The summed E-state index contributed by atoms with van der Waals surface area (Å²) < 4.78 is 35.0. The molecule has 0 spiro atoms. The van der Waals surface area contributed by atoms with Gasteiger partial charge in [-0.3, -0.25) is 14.7 Å². The first-order valence-corrected chi connectivity index (χ1v) is 16.0. The minimum absolute atomic E-state index is 0.191. The number of carbonyl (C=O) groups excluding carboxylic acids is 1. The molecule has 4 rings (SSSR count). The molecule has 10 heteroatoms. The van der Waals surface area contributed by atoms with E-state index in [4.69, 9.17) is 9.72 Å². The normalized spacial score (nSPS) is 11.7. The highest BCUT2D eigenvalue weighted by Gasteiger charge is 2.26. The Kier molecular flexibility index (Phi) is 10.2. The van der Waals surface area contributed by atoms with Crippen molar-refractivity contribution in [2.45, 2.75) is 57.9 Å². The van der Waals surface area contributed by atoms with E-state index in [2.05, 4.69) is 4.98 Å². The van der Waals surface area contributed by atoms with Gasteiger partial charge in [0, 0.05) is 31.0 Å². The maximum absolute atomic E-state index is 13.9. The lowest BCUT2D eigenvalue weighted by Gasteiger charge is -2.22. The Hall–Kier alpha value is -3.34. The minimum atomic E-state index is -3.66.